The third-order valence-electron chi connectivity index (χ3n) is 2.92. The Morgan fingerprint density at radius 1 is 1.17 bits per heavy atom. The minimum Gasteiger partial charge on any atom is -0.0620 e. The summed E-state index contributed by atoms with van der Waals surface area (Å²) in [4.78, 5) is 0. The van der Waals surface area contributed by atoms with E-state index in [-0.39, 0.29) is 0 Å². The fourth-order valence-corrected chi connectivity index (χ4v) is 2.16. The first kappa shape index (κ1) is 7.85. The average molecular weight is 160 g/mol. The molecule has 0 aliphatic heterocycles. The van der Waals surface area contributed by atoms with Crippen LogP contribution in [-0.2, 0) is 6.42 Å². The molecule has 0 heteroatoms. The smallest absolute Gasteiger partial charge is 0.0188 e. The second-order valence-electron chi connectivity index (χ2n) is 3.85. The molecule has 0 amide bonds. The lowest BCUT2D eigenvalue weighted by Gasteiger charge is -2.11. The van der Waals surface area contributed by atoms with Crippen LogP contribution in [0.3, 0.4) is 0 Å². The van der Waals surface area contributed by atoms with Crippen LogP contribution in [-0.4, -0.2) is 0 Å². The summed E-state index contributed by atoms with van der Waals surface area (Å²) in [6, 6.07) is 8.92. The second-order valence-corrected chi connectivity index (χ2v) is 3.85. The van der Waals surface area contributed by atoms with Gasteiger partial charge in [-0.25, -0.2) is 0 Å². The monoisotopic (exact) mass is 160 g/mol. The van der Waals surface area contributed by atoms with Gasteiger partial charge in [-0.15, -0.1) is 0 Å². The fraction of sp³-hybridized carbons (Fsp3) is 0.500. The maximum Gasteiger partial charge on any atom is -0.0188 e. The molecule has 0 saturated carbocycles. The van der Waals surface area contributed by atoms with Crippen LogP contribution in [0.25, 0.3) is 0 Å². The van der Waals surface area contributed by atoms with Crippen molar-refractivity contribution in [3.05, 3.63) is 35.4 Å². The standard InChI is InChI=1S/C12H16/c1-10-6-2-3-7-11-8-4-5-9-12(10)11/h4-5,8-10H,2-3,6-7H2,1H3. The van der Waals surface area contributed by atoms with Gasteiger partial charge in [-0.3, -0.25) is 0 Å². The zero-order valence-corrected chi connectivity index (χ0v) is 7.72. The van der Waals surface area contributed by atoms with Crippen molar-refractivity contribution in [2.24, 2.45) is 0 Å². The van der Waals surface area contributed by atoms with E-state index in [0.717, 1.165) is 5.92 Å². The van der Waals surface area contributed by atoms with Crippen LogP contribution >= 0.6 is 0 Å². The van der Waals surface area contributed by atoms with Gasteiger partial charge in [-0.2, -0.15) is 0 Å². The van der Waals surface area contributed by atoms with Crippen LogP contribution < -0.4 is 0 Å². The molecular formula is C12H16. The van der Waals surface area contributed by atoms with E-state index in [1.54, 1.807) is 11.1 Å². The van der Waals surface area contributed by atoms with Crippen molar-refractivity contribution < 1.29 is 0 Å². The van der Waals surface area contributed by atoms with E-state index in [0.29, 0.717) is 0 Å². The third kappa shape index (κ3) is 1.38. The number of hydrogen-bond donors (Lipinski definition) is 0. The Labute approximate surface area is 74.6 Å². The first-order valence-electron chi connectivity index (χ1n) is 4.96. The first-order valence-corrected chi connectivity index (χ1v) is 4.96. The minimum absolute atomic E-state index is 0.781. The summed E-state index contributed by atoms with van der Waals surface area (Å²) in [7, 11) is 0. The highest BCUT2D eigenvalue weighted by molar-refractivity contribution is 5.30. The number of aryl methyl sites for hydroxylation is 1. The van der Waals surface area contributed by atoms with Crippen molar-refractivity contribution in [2.45, 2.75) is 38.5 Å². The van der Waals surface area contributed by atoms with E-state index in [2.05, 4.69) is 31.2 Å². The summed E-state index contributed by atoms with van der Waals surface area (Å²) < 4.78 is 0. The number of hydrogen-bond acceptors (Lipinski definition) is 0. The molecule has 0 spiro atoms. The van der Waals surface area contributed by atoms with Crippen molar-refractivity contribution in [1.82, 2.24) is 0 Å². The highest BCUT2D eigenvalue weighted by Crippen LogP contribution is 2.29. The lowest BCUT2D eigenvalue weighted by atomic mass is 9.95. The van der Waals surface area contributed by atoms with E-state index in [4.69, 9.17) is 0 Å². The molecule has 2 rings (SSSR count). The van der Waals surface area contributed by atoms with Crippen molar-refractivity contribution in [2.75, 3.05) is 0 Å². The Balaban J connectivity index is 2.39. The normalized spacial score (nSPS) is 22.9. The maximum atomic E-state index is 2.35. The SMILES string of the molecule is CC1CCCCc2ccccc21. The molecule has 1 aliphatic rings. The molecule has 0 radical (unpaired) electrons. The minimum atomic E-state index is 0.781. The van der Waals surface area contributed by atoms with Crippen molar-refractivity contribution in [3.63, 3.8) is 0 Å². The molecule has 1 atom stereocenters. The summed E-state index contributed by atoms with van der Waals surface area (Å²) in [6.07, 6.45) is 5.44. The molecule has 1 aromatic rings. The number of benzene rings is 1. The highest BCUT2D eigenvalue weighted by Gasteiger charge is 2.12. The number of rotatable bonds is 0. The summed E-state index contributed by atoms with van der Waals surface area (Å²) in [5.74, 6) is 0.781. The second kappa shape index (κ2) is 3.30. The largest absolute Gasteiger partial charge is 0.0620 e. The molecule has 0 N–H and O–H groups in total. The molecule has 1 aliphatic carbocycles. The van der Waals surface area contributed by atoms with Gasteiger partial charge < -0.3 is 0 Å². The lowest BCUT2D eigenvalue weighted by Crippen LogP contribution is -1.94. The van der Waals surface area contributed by atoms with E-state index >= 15 is 0 Å². The van der Waals surface area contributed by atoms with Crippen molar-refractivity contribution >= 4 is 0 Å². The Bertz CT molecular complexity index is 262. The summed E-state index contributed by atoms with van der Waals surface area (Å²) in [5, 5.41) is 0. The first-order chi connectivity index (χ1) is 5.88. The van der Waals surface area contributed by atoms with Gasteiger partial charge in [-0.05, 0) is 36.3 Å². The summed E-state index contributed by atoms with van der Waals surface area (Å²) in [5.41, 5.74) is 3.18. The van der Waals surface area contributed by atoms with Crippen LogP contribution in [0, 0.1) is 0 Å². The van der Waals surface area contributed by atoms with Crippen LogP contribution in [0.1, 0.15) is 43.2 Å². The fourth-order valence-electron chi connectivity index (χ4n) is 2.16. The lowest BCUT2D eigenvalue weighted by molar-refractivity contribution is 0.635. The van der Waals surface area contributed by atoms with Crippen molar-refractivity contribution in [1.29, 1.82) is 0 Å². The van der Waals surface area contributed by atoms with Gasteiger partial charge in [0.1, 0.15) is 0 Å². The summed E-state index contributed by atoms with van der Waals surface area (Å²) >= 11 is 0. The van der Waals surface area contributed by atoms with E-state index < -0.39 is 0 Å². The van der Waals surface area contributed by atoms with Crippen LogP contribution in [0.15, 0.2) is 24.3 Å². The quantitative estimate of drug-likeness (QED) is 0.509. The Morgan fingerprint density at radius 2 is 2.00 bits per heavy atom. The van der Waals surface area contributed by atoms with Gasteiger partial charge in [-0.1, -0.05) is 37.6 Å². The molecule has 0 heterocycles. The molecule has 0 bridgehead atoms. The molecule has 0 aromatic heterocycles. The highest BCUT2D eigenvalue weighted by atomic mass is 14.2. The van der Waals surface area contributed by atoms with E-state index in [9.17, 15) is 0 Å². The van der Waals surface area contributed by atoms with Gasteiger partial charge in [0.2, 0.25) is 0 Å². The van der Waals surface area contributed by atoms with Crippen LogP contribution in [0.5, 0.6) is 0 Å². The van der Waals surface area contributed by atoms with Crippen molar-refractivity contribution in [3.8, 4) is 0 Å². The summed E-state index contributed by atoms with van der Waals surface area (Å²) in [6.45, 7) is 2.35. The van der Waals surface area contributed by atoms with Gasteiger partial charge in [0.15, 0.2) is 0 Å². The zero-order valence-electron chi connectivity index (χ0n) is 7.72. The molecular weight excluding hydrogens is 144 g/mol. The topological polar surface area (TPSA) is 0 Å². The predicted octanol–water partition coefficient (Wildman–Crippen LogP) is 3.52. The Morgan fingerprint density at radius 3 is 2.92 bits per heavy atom. The zero-order chi connectivity index (χ0) is 8.39. The van der Waals surface area contributed by atoms with Crippen LogP contribution in [0.2, 0.25) is 0 Å². The molecule has 64 valence electrons. The molecule has 0 saturated heterocycles. The molecule has 0 fully saturated rings. The van der Waals surface area contributed by atoms with Gasteiger partial charge >= 0.3 is 0 Å². The molecule has 12 heavy (non-hydrogen) atoms. The van der Waals surface area contributed by atoms with Crippen LogP contribution in [0.4, 0.5) is 0 Å². The maximum absolute atomic E-state index is 2.35. The van der Waals surface area contributed by atoms with Gasteiger partial charge in [0, 0.05) is 0 Å². The third-order valence-corrected chi connectivity index (χ3v) is 2.92. The Kier molecular flexibility index (Phi) is 2.16. The van der Waals surface area contributed by atoms with E-state index in [1.165, 1.54) is 25.7 Å². The Hall–Kier alpha value is -0.780. The molecule has 1 aromatic carbocycles. The van der Waals surface area contributed by atoms with E-state index in [1.807, 2.05) is 0 Å². The average Bonchev–Trinajstić information content (AvgIpc) is 2.29. The van der Waals surface area contributed by atoms with Gasteiger partial charge in [0.05, 0.1) is 0 Å². The molecule has 0 nitrogen and oxygen atoms in total. The predicted molar refractivity (Wildman–Crippen MR) is 52.4 cm³/mol. The molecule has 1 unspecified atom stereocenters. The number of fused-ring (bicyclic) bond motifs is 1. The van der Waals surface area contributed by atoms with Gasteiger partial charge in [0.25, 0.3) is 0 Å².